The predicted octanol–water partition coefficient (Wildman–Crippen LogP) is 7.39. The second kappa shape index (κ2) is 19.4. The summed E-state index contributed by atoms with van der Waals surface area (Å²) in [4.78, 5) is 53.2. The summed E-state index contributed by atoms with van der Waals surface area (Å²) in [6.07, 6.45) is 16.3. The van der Waals surface area contributed by atoms with E-state index in [4.69, 9.17) is 9.57 Å². The number of anilines is 1. The molecule has 1 amide bonds. The van der Waals surface area contributed by atoms with E-state index in [1.807, 2.05) is 20.8 Å². The second-order valence-electron chi connectivity index (χ2n) is 12.4. The molecule has 2 aromatic rings. The molecule has 0 saturated carbocycles. The molecule has 1 aromatic carbocycles. The molecule has 0 bridgehead atoms. The number of carbonyl (C=O) groups is 4. The summed E-state index contributed by atoms with van der Waals surface area (Å²) in [6.45, 7) is 5.67. The van der Waals surface area contributed by atoms with Gasteiger partial charge >= 0.3 is 17.9 Å². The molecular formula is C34H50N2O9. The zero-order chi connectivity index (χ0) is 33.2. The highest BCUT2D eigenvalue weighted by Gasteiger charge is 2.18. The minimum atomic E-state index is -1.30. The van der Waals surface area contributed by atoms with Gasteiger partial charge < -0.3 is 30.2 Å². The normalized spacial score (nSPS) is 11.3. The number of ether oxygens (including phenoxy) is 1. The summed E-state index contributed by atoms with van der Waals surface area (Å²) >= 11 is 0. The lowest BCUT2D eigenvalue weighted by molar-refractivity contribution is -0.154. The van der Waals surface area contributed by atoms with Gasteiger partial charge in [-0.15, -0.1) is 4.73 Å². The summed E-state index contributed by atoms with van der Waals surface area (Å²) in [5.74, 6) is -3.75. The highest BCUT2D eigenvalue weighted by Crippen LogP contribution is 2.22. The van der Waals surface area contributed by atoms with E-state index in [2.05, 4.69) is 5.32 Å². The van der Waals surface area contributed by atoms with Crippen molar-refractivity contribution < 1.29 is 44.1 Å². The van der Waals surface area contributed by atoms with Crippen molar-refractivity contribution in [2.24, 2.45) is 0 Å². The van der Waals surface area contributed by atoms with Crippen LogP contribution in [0.1, 0.15) is 144 Å². The van der Waals surface area contributed by atoms with Gasteiger partial charge in [0.15, 0.2) is 0 Å². The average molecular weight is 631 g/mol. The fourth-order valence-electron chi connectivity index (χ4n) is 4.86. The van der Waals surface area contributed by atoms with E-state index in [1.54, 1.807) is 0 Å². The Kier molecular flexibility index (Phi) is 16.0. The van der Waals surface area contributed by atoms with Gasteiger partial charge in [-0.05, 0) is 51.8 Å². The van der Waals surface area contributed by atoms with E-state index >= 15 is 0 Å². The third-order valence-electron chi connectivity index (χ3n) is 7.13. The highest BCUT2D eigenvalue weighted by atomic mass is 16.7. The summed E-state index contributed by atoms with van der Waals surface area (Å²) in [5, 5.41) is 31.4. The maximum Gasteiger partial charge on any atom is 0.364 e. The predicted molar refractivity (Wildman–Crippen MR) is 170 cm³/mol. The lowest BCUT2D eigenvalue weighted by atomic mass is 10.0. The van der Waals surface area contributed by atoms with Crippen molar-refractivity contribution >= 4 is 29.5 Å². The van der Waals surface area contributed by atoms with Crippen LogP contribution in [0.2, 0.25) is 0 Å². The lowest BCUT2D eigenvalue weighted by Crippen LogP contribution is -2.23. The Balaban J connectivity index is 1.53. The highest BCUT2D eigenvalue weighted by molar-refractivity contribution is 5.99. The number of rotatable bonds is 21. The largest absolute Gasteiger partial charge is 0.492 e. The number of esters is 1. The number of carboxylic acid groups (broad SMARTS) is 1. The first-order valence-electron chi connectivity index (χ1n) is 16.1. The fraction of sp³-hybridized carbons (Fsp3) is 0.588. The molecule has 0 saturated heterocycles. The van der Waals surface area contributed by atoms with Gasteiger partial charge in [0, 0.05) is 30.7 Å². The average Bonchev–Trinajstić information content (AvgIpc) is 3.27. The van der Waals surface area contributed by atoms with Gasteiger partial charge in [0.25, 0.3) is 0 Å². The first-order valence-corrected chi connectivity index (χ1v) is 16.1. The van der Waals surface area contributed by atoms with Crippen LogP contribution in [0.25, 0.3) is 0 Å². The van der Waals surface area contributed by atoms with Gasteiger partial charge in [0.1, 0.15) is 5.60 Å². The Bertz CT molecular complexity index is 1230. The zero-order valence-electron chi connectivity index (χ0n) is 26.9. The van der Waals surface area contributed by atoms with Crippen LogP contribution < -0.4 is 10.2 Å². The van der Waals surface area contributed by atoms with E-state index in [9.17, 15) is 34.5 Å². The van der Waals surface area contributed by atoms with Crippen molar-refractivity contribution in [2.75, 3.05) is 5.32 Å². The van der Waals surface area contributed by atoms with E-state index in [1.165, 1.54) is 63.5 Å². The van der Waals surface area contributed by atoms with Gasteiger partial charge in [0.05, 0.1) is 11.1 Å². The van der Waals surface area contributed by atoms with Crippen LogP contribution in [-0.2, 0) is 14.3 Å². The monoisotopic (exact) mass is 630 g/mol. The Morgan fingerprint density at radius 3 is 1.60 bits per heavy atom. The van der Waals surface area contributed by atoms with Gasteiger partial charge in [-0.25, -0.2) is 9.59 Å². The fourth-order valence-corrected chi connectivity index (χ4v) is 4.86. The first-order chi connectivity index (χ1) is 21.4. The van der Waals surface area contributed by atoms with Crippen molar-refractivity contribution in [1.29, 1.82) is 0 Å². The van der Waals surface area contributed by atoms with Gasteiger partial charge in [-0.3, -0.25) is 9.59 Å². The Hall–Kier alpha value is -4.02. The number of hydrogen-bond acceptors (Lipinski definition) is 8. The first kappa shape index (κ1) is 37.2. The maximum atomic E-state index is 12.5. The number of nitrogens with one attached hydrogen (secondary N) is 1. The van der Waals surface area contributed by atoms with Crippen LogP contribution in [0.5, 0.6) is 11.8 Å². The number of aromatic carboxylic acids is 1. The number of amides is 1. The van der Waals surface area contributed by atoms with E-state index in [-0.39, 0.29) is 35.1 Å². The summed E-state index contributed by atoms with van der Waals surface area (Å²) in [6, 6.07) is 5.84. The van der Waals surface area contributed by atoms with Crippen LogP contribution in [0.4, 0.5) is 5.69 Å². The van der Waals surface area contributed by atoms with Crippen molar-refractivity contribution in [3.8, 4) is 11.8 Å². The molecule has 0 aliphatic carbocycles. The van der Waals surface area contributed by atoms with Gasteiger partial charge in [-0.2, -0.15) is 0 Å². The lowest BCUT2D eigenvalue weighted by Gasteiger charge is -2.19. The molecule has 1 aromatic heterocycles. The molecule has 4 N–H and O–H groups in total. The summed E-state index contributed by atoms with van der Waals surface area (Å²) in [5.41, 5.74) is -0.680. The zero-order valence-corrected chi connectivity index (χ0v) is 26.9. The van der Waals surface area contributed by atoms with Crippen LogP contribution >= 0.6 is 0 Å². The topological polar surface area (TPSA) is 164 Å². The van der Waals surface area contributed by atoms with Crippen molar-refractivity contribution in [3.63, 3.8) is 0 Å². The van der Waals surface area contributed by atoms with Crippen molar-refractivity contribution in [1.82, 2.24) is 4.73 Å². The second-order valence-corrected chi connectivity index (χ2v) is 12.4. The van der Waals surface area contributed by atoms with Crippen LogP contribution in [0, 0.1) is 0 Å². The standard InChI is InChI=1S/C34H50N2O9/c1-34(2,3)44-31(40)19-17-15-13-11-9-7-5-4-6-8-10-12-14-16-18-28(37)35-27-23-25(32(41)42)22-26(24-27)33(43)45-36-29(38)20-21-30(36)39/h20-24,38-39H,4-19H2,1-3H3,(H,35,37)(H,41,42). The smallest absolute Gasteiger partial charge is 0.364 e. The third-order valence-corrected chi connectivity index (χ3v) is 7.13. The Morgan fingerprint density at radius 1 is 0.689 bits per heavy atom. The molecule has 0 aliphatic heterocycles. The van der Waals surface area contributed by atoms with Crippen LogP contribution in [-0.4, -0.2) is 49.5 Å². The molecule has 0 fully saturated rings. The molecule has 0 radical (unpaired) electrons. The SMILES string of the molecule is CC(C)(C)OC(=O)CCCCCCCCCCCCCCCCC(=O)Nc1cc(C(=O)O)cc(C(=O)On2c(O)ccc2O)c1. The number of aromatic hydroxyl groups is 2. The molecule has 45 heavy (non-hydrogen) atoms. The number of unbranched alkanes of at least 4 members (excludes halogenated alkanes) is 13. The molecule has 2 rings (SSSR count). The molecule has 11 heteroatoms. The molecule has 11 nitrogen and oxygen atoms in total. The number of aromatic nitrogens is 1. The van der Waals surface area contributed by atoms with Crippen LogP contribution in [0.3, 0.4) is 0 Å². The van der Waals surface area contributed by atoms with Crippen LogP contribution in [0.15, 0.2) is 30.3 Å². The molecule has 0 unspecified atom stereocenters. The van der Waals surface area contributed by atoms with E-state index in [0.717, 1.165) is 50.3 Å². The van der Waals surface area contributed by atoms with E-state index in [0.29, 0.717) is 17.6 Å². The van der Waals surface area contributed by atoms with Crippen molar-refractivity contribution in [2.45, 2.75) is 129 Å². The maximum absolute atomic E-state index is 12.5. The molecular weight excluding hydrogens is 580 g/mol. The molecule has 0 spiro atoms. The number of hydrogen-bond donors (Lipinski definition) is 4. The Morgan fingerprint density at radius 2 is 1.13 bits per heavy atom. The number of nitrogens with zero attached hydrogens (tertiary/aromatic N) is 1. The van der Waals surface area contributed by atoms with Gasteiger partial charge in [-0.1, -0.05) is 77.0 Å². The molecule has 0 atom stereocenters. The van der Waals surface area contributed by atoms with Crippen molar-refractivity contribution in [3.05, 3.63) is 41.5 Å². The number of carboxylic acids is 1. The minimum Gasteiger partial charge on any atom is -0.492 e. The minimum absolute atomic E-state index is 0.105. The number of benzene rings is 1. The molecule has 1 heterocycles. The quantitative estimate of drug-likeness (QED) is 0.0813. The summed E-state index contributed by atoms with van der Waals surface area (Å²) < 4.78 is 5.82. The van der Waals surface area contributed by atoms with E-state index < -0.39 is 29.3 Å². The number of carbonyl (C=O) groups excluding carboxylic acids is 3. The molecule has 0 aliphatic rings. The van der Waals surface area contributed by atoms with Gasteiger partial charge in [0.2, 0.25) is 17.7 Å². The Labute approximate surface area is 265 Å². The summed E-state index contributed by atoms with van der Waals surface area (Å²) in [7, 11) is 0. The molecule has 250 valence electrons. The third kappa shape index (κ3) is 15.5.